The third kappa shape index (κ3) is 3.92. The summed E-state index contributed by atoms with van der Waals surface area (Å²) in [7, 11) is -3.24. The number of rotatable bonds is 4. The highest BCUT2D eigenvalue weighted by Gasteiger charge is 2.33. The van der Waals surface area contributed by atoms with E-state index >= 15 is 0 Å². The zero-order valence-corrected chi connectivity index (χ0v) is 12.7. The van der Waals surface area contributed by atoms with Crippen LogP contribution in [0, 0.1) is 6.92 Å². The lowest BCUT2D eigenvalue weighted by Gasteiger charge is -2.22. The van der Waals surface area contributed by atoms with Crippen molar-refractivity contribution in [3.8, 4) is 0 Å². The third-order valence-electron chi connectivity index (χ3n) is 3.38. The number of hydrogen-bond donors (Lipinski definition) is 1. The topological polar surface area (TPSA) is 63.4 Å². The van der Waals surface area contributed by atoms with Gasteiger partial charge in [-0.1, -0.05) is 29.8 Å². The predicted octanol–water partition coefficient (Wildman–Crippen LogP) is 1.67. The molecule has 1 aliphatic rings. The van der Waals surface area contributed by atoms with Gasteiger partial charge in [-0.25, -0.2) is 8.42 Å². The molecule has 0 spiro atoms. The van der Waals surface area contributed by atoms with Crippen molar-refractivity contribution in [2.75, 3.05) is 13.1 Å². The van der Waals surface area contributed by atoms with Gasteiger partial charge >= 0.3 is 0 Å². The van der Waals surface area contributed by atoms with Crippen molar-refractivity contribution in [2.45, 2.75) is 31.6 Å². The average Bonchev–Trinajstić information content (AvgIpc) is 2.77. The first-order chi connectivity index (χ1) is 8.53. The number of hydrogen-bond acceptors (Lipinski definition) is 3. The van der Waals surface area contributed by atoms with Crippen molar-refractivity contribution in [3.05, 3.63) is 35.4 Å². The molecular formula is C13H21ClN2O2S. The largest absolute Gasteiger partial charge is 0.329 e. The summed E-state index contributed by atoms with van der Waals surface area (Å²) in [5.74, 6) is 0.0746. The molecule has 0 amide bonds. The molecule has 1 heterocycles. The van der Waals surface area contributed by atoms with Gasteiger partial charge in [0.25, 0.3) is 0 Å². The lowest BCUT2D eigenvalue weighted by atomic mass is 10.2. The molecule has 1 aliphatic heterocycles. The Labute approximate surface area is 121 Å². The summed E-state index contributed by atoms with van der Waals surface area (Å²) in [6.45, 7) is 2.98. The zero-order valence-electron chi connectivity index (χ0n) is 11.1. The second-order valence-electron chi connectivity index (χ2n) is 4.89. The summed E-state index contributed by atoms with van der Waals surface area (Å²) in [6.07, 6.45) is 1.79. The number of sulfonamides is 1. The first-order valence-electron chi connectivity index (χ1n) is 6.28. The SMILES string of the molecule is Cc1cccc(CS(=O)(=O)N2CCCC2CN)c1.Cl. The Morgan fingerprint density at radius 2 is 2.16 bits per heavy atom. The van der Waals surface area contributed by atoms with E-state index in [4.69, 9.17) is 5.73 Å². The summed E-state index contributed by atoms with van der Waals surface area (Å²) < 4.78 is 26.3. The van der Waals surface area contributed by atoms with Gasteiger partial charge in [-0.05, 0) is 25.3 Å². The minimum atomic E-state index is -3.24. The van der Waals surface area contributed by atoms with E-state index in [0.29, 0.717) is 13.1 Å². The Morgan fingerprint density at radius 3 is 2.79 bits per heavy atom. The van der Waals surface area contributed by atoms with E-state index in [-0.39, 0.29) is 24.2 Å². The smallest absolute Gasteiger partial charge is 0.218 e. The molecule has 0 bridgehead atoms. The monoisotopic (exact) mass is 304 g/mol. The maximum absolute atomic E-state index is 12.4. The van der Waals surface area contributed by atoms with E-state index in [2.05, 4.69) is 0 Å². The quantitative estimate of drug-likeness (QED) is 0.920. The molecule has 0 saturated carbocycles. The predicted molar refractivity (Wildman–Crippen MR) is 79.8 cm³/mol. The van der Waals surface area contributed by atoms with Gasteiger partial charge in [0.1, 0.15) is 0 Å². The third-order valence-corrected chi connectivity index (χ3v) is 5.28. The number of benzene rings is 1. The fraction of sp³-hybridized carbons (Fsp3) is 0.538. The van der Waals surface area contributed by atoms with Crippen LogP contribution in [0.25, 0.3) is 0 Å². The van der Waals surface area contributed by atoms with E-state index in [0.717, 1.165) is 24.0 Å². The highest BCUT2D eigenvalue weighted by atomic mass is 35.5. The molecule has 1 aromatic carbocycles. The van der Waals surface area contributed by atoms with Gasteiger partial charge in [0.2, 0.25) is 10.0 Å². The van der Waals surface area contributed by atoms with Crippen molar-refractivity contribution < 1.29 is 8.42 Å². The van der Waals surface area contributed by atoms with Crippen LogP contribution in [0.2, 0.25) is 0 Å². The molecule has 4 nitrogen and oxygen atoms in total. The van der Waals surface area contributed by atoms with E-state index in [1.807, 2.05) is 31.2 Å². The van der Waals surface area contributed by atoms with Crippen molar-refractivity contribution >= 4 is 22.4 Å². The number of halogens is 1. The Hall–Kier alpha value is -0.620. The Bertz CT molecular complexity index is 519. The molecule has 6 heteroatoms. The van der Waals surface area contributed by atoms with Gasteiger partial charge in [0, 0.05) is 19.1 Å². The van der Waals surface area contributed by atoms with Crippen molar-refractivity contribution in [1.82, 2.24) is 4.31 Å². The van der Waals surface area contributed by atoms with Crippen LogP contribution < -0.4 is 5.73 Å². The molecule has 1 fully saturated rings. The highest BCUT2D eigenvalue weighted by molar-refractivity contribution is 7.88. The van der Waals surface area contributed by atoms with Crippen LogP contribution >= 0.6 is 12.4 Å². The standard InChI is InChI=1S/C13H20N2O2S.ClH/c1-11-4-2-5-12(8-11)10-18(16,17)15-7-3-6-13(15)9-14;/h2,4-5,8,13H,3,6-7,9-10,14H2,1H3;1H. The lowest BCUT2D eigenvalue weighted by Crippen LogP contribution is -2.40. The summed E-state index contributed by atoms with van der Waals surface area (Å²) in [5.41, 5.74) is 7.56. The minimum absolute atomic E-state index is 0. The summed E-state index contributed by atoms with van der Waals surface area (Å²) in [4.78, 5) is 0. The van der Waals surface area contributed by atoms with Crippen LogP contribution in [0.4, 0.5) is 0 Å². The van der Waals surface area contributed by atoms with E-state index < -0.39 is 10.0 Å². The molecule has 2 N–H and O–H groups in total. The number of nitrogens with zero attached hydrogens (tertiary/aromatic N) is 1. The van der Waals surface area contributed by atoms with Crippen LogP contribution in [0.1, 0.15) is 24.0 Å². The first-order valence-corrected chi connectivity index (χ1v) is 7.89. The highest BCUT2D eigenvalue weighted by Crippen LogP contribution is 2.23. The molecule has 1 saturated heterocycles. The van der Waals surface area contributed by atoms with Crippen molar-refractivity contribution in [2.24, 2.45) is 5.73 Å². The van der Waals surface area contributed by atoms with E-state index in [1.165, 1.54) is 0 Å². The summed E-state index contributed by atoms with van der Waals surface area (Å²) in [6, 6.07) is 7.63. The van der Waals surface area contributed by atoms with Crippen LogP contribution in [0.3, 0.4) is 0 Å². The Morgan fingerprint density at radius 1 is 1.42 bits per heavy atom. The van der Waals surface area contributed by atoms with Crippen LogP contribution in [-0.4, -0.2) is 31.9 Å². The Balaban J connectivity index is 0.00000180. The second-order valence-corrected chi connectivity index (χ2v) is 6.81. The molecule has 0 aliphatic carbocycles. The minimum Gasteiger partial charge on any atom is -0.329 e. The van der Waals surface area contributed by atoms with Crippen LogP contribution in [0.5, 0.6) is 0 Å². The number of aryl methyl sites for hydroxylation is 1. The van der Waals surface area contributed by atoms with Gasteiger partial charge in [-0.2, -0.15) is 4.31 Å². The first kappa shape index (κ1) is 16.4. The van der Waals surface area contributed by atoms with Gasteiger partial charge in [-0.3, -0.25) is 0 Å². The molecule has 1 aromatic rings. The van der Waals surface area contributed by atoms with E-state index in [1.54, 1.807) is 4.31 Å². The molecular weight excluding hydrogens is 284 g/mol. The normalized spacial score (nSPS) is 20.2. The summed E-state index contributed by atoms with van der Waals surface area (Å²) >= 11 is 0. The molecule has 19 heavy (non-hydrogen) atoms. The fourth-order valence-corrected chi connectivity index (χ4v) is 4.33. The van der Waals surface area contributed by atoms with Crippen molar-refractivity contribution in [1.29, 1.82) is 0 Å². The fourth-order valence-electron chi connectivity index (χ4n) is 2.51. The van der Waals surface area contributed by atoms with Gasteiger partial charge in [0.05, 0.1) is 5.75 Å². The molecule has 1 unspecified atom stereocenters. The molecule has 2 rings (SSSR count). The lowest BCUT2D eigenvalue weighted by molar-refractivity contribution is 0.392. The molecule has 1 atom stereocenters. The van der Waals surface area contributed by atoms with Crippen LogP contribution in [-0.2, 0) is 15.8 Å². The van der Waals surface area contributed by atoms with E-state index in [9.17, 15) is 8.42 Å². The average molecular weight is 305 g/mol. The summed E-state index contributed by atoms with van der Waals surface area (Å²) in [5, 5.41) is 0. The molecule has 0 radical (unpaired) electrons. The van der Waals surface area contributed by atoms with Gasteiger partial charge in [-0.15, -0.1) is 12.4 Å². The number of nitrogens with two attached hydrogens (primary N) is 1. The molecule has 0 aromatic heterocycles. The second kappa shape index (κ2) is 6.70. The Kier molecular flexibility index (Phi) is 5.80. The maximum Gasteiger partial charge on any atom is 0.218 e. The van der Waals surface area contributed by atoms with Gasteiger partial charge in [0.15, 0.2) is 0 Å². The molecule has 108 valence electrons. The van der Waals surface area contributed by atoms with Gasteiger partial charge < -0.3 is 5.73 Å². The van der Waals surface area contributed by atoms with Crippen molar-refractivity contribution in [3.63, 3.8) is 0 Å². The maximum atomic E-state index is 12.4. The van der Waals surface area contributed by atoms with Crippen LogP contribution in [0.15, 0.2) is 24.3 Å². The zero-order chi connectivity index (χ0) is 13.2.